The maximum atomic E-state index is 13.6. The lowest BCUT2D eigenvalue weighted by molar-refractivity contribution is -0.138. The molecule has 0 heterocycles. The highest BCUT2D eigenvalue weighted by Crippen LogP contribution is 2.26. The maximum Gasteiger partial charge on any atom is 0.303 e. The number of likely N-dealkylation sites (N-methyl/N-ethyl adjacent to an activating group) is 1. The standard InChI is InChI=1S/C28H44ClN5O7/c1-8-18(41-33-21(25(30)38)12-13-23(36)37)14-16(3)34(7)27(40)24(28(4,5)6)32-26(39)17-10-11-20(19(29)15-17)31-22(35)9-2/h10-11,15-16,18,21,24,33H,8-9,12-14H2,1-7H3,(H2,30,38)(H,31,35)(H,32,39)(H,36,37)/t16-,18+,21+,24?/m1/s1. The van der Waals surface area contributed by atoms with E-state index in [1.807, 2.05) is 34.6 Å². The van der Waals surface area contributed by atoms with E-state index < -0.39 is 41.4 Å². The van der Waals surface area contributed by atoms with Gasteiger partial charge in [0.1, 0.15) is 12.1 Å². The number of hydroxylamine groups is 1. The van der Waals surface area contributed by atoms with E-state index in [9.17, 15) is 24.0 Å². The molecule has 4 amide bonds. The Bertz CT molecular complexity index is 1090. The van der Waals surface area contributed by atoms with Crippen molar-refractivity contribution in [1.29, 1.82) is 0 Å². The zero-order chi connectivity index (χ0) is 31.5. The van der Waals surface area contributed by atoms with Crippen LogP contribution in [-0.2, 0) is 24.0 Å². The van der Waals surface area contributed by atoms with E-state index in [2.05, 4.69) is 16.1 Å². The van der Waals surface area contributed by atoms with E-state index in [1.54, 1.807) is 14.0 Å². The molecule has 0 aliphatic rings. The lowest BCUT2D eigenvalue weighted by atomic mass is 9.85. The number of rotatable bonds is 16. The van der Waals surface area contributed by atoms with Crippen molar-refractivity contribution in [2.75, 3.05) is 12.4 Å². The maximum absolute atomic E-state index is 13.6. The van der Waals surface area contributed by atoms with Crippen LogP contribution >= 0.6 is 11.6 Å². The number of carbonyl (C=O) groups is 5. The molecule has 0 aliphatic carbocycles. The Labute approximate surface area is 246 Å². The van der Waals surface area contributed by atoms with Gasteiger partial charge in [0.15, 0.2) is 0 Å². The van der Waals surface area contributed by atoms with Crippen molar-refractivity contribution in [3.8, 4) is 0 Å². The third-order valence-corrected chi connectivity index (χ3v) is 6.96. The van der Waals surface area contributed by atoms with Gasteiger partial charge in [0.05, 0.1) is 16.8 Å². The van der Waals surface area contributed by atoms with Crippen LogP contribution in [0.4, 0.5) is 5.69 Å². The second-order valence-electron chi connectivity index (χ2n) is 11.1. The molecule has 0 aromatic heterocycles. The Morgan fingerprint density at radius 3 is 2.27 bits per heavy atom. The molecule has 230 valence electrons. The van der Waals surface area contributed by atoms with E-state index in [0.717, 1.165) is 0 Å². The number of carbonyl (C=O) groups excluding carboxylic acids is 4. The molecule has 13 heteroatoms. The molecule has 0 spiro atoms. The van der Waals surface area contributed by atoms with Crippen molar-refractivity contribution in [1.82, 2.24) is 15.7 Å². The van der Waals surface area contributed by atoms with Gasteiger partial charge in [-0.2, -0.15) is 5.48 Å². The summed E-state index contributed by atoms with van der Waals surface area (Å²) in [5.74, 6) is -2.80. The summed E-state index contributed by atoms with van der Waals surface area (Å²) in [6, 6.07) is 2.32. The normalized spacial score (nSPS) is 14.3. The second-order valence-corrected chi connectivity index (χ2v) is 11.5. The van der Waals surface area contributed by atoms with Crippen molar-refractivity contribution in [3.05, 3.63) is 28.8 Å². The number of primary amides is 1. The van der Waals surface area contributed by atoms with Crippen LogP contribution in [0.5, 0.6) is 0 Å². The van der Waals surface area contributed by atoms with E-state index in [0.29, 0.717) is 18.5 Å². The Kier molecular flexibility index (Phi) is 14.2. The number of nitrogens with one attached hydrogen (secondary N) is 3. The summed E-state index contributed by atoms with van der Waals surface area (Å²) in [4.78, 5) is 68.1. The van der Waals surface area contributed by atoms with Crippen LogP contribution in [0.25, 0.3) is 0 Å². The van der Waals surface area contributed by atoms with Crippen LogP contribution in [0.2, 0.25) is 5.02 Å². The molecule has 41 heavy (non-hydrogen) atoms. The number of hydrogen-bond donors (Lipinski definition) is 5. The van der Waals surface area contributed by atoms with Crippen LogP contribution in [0, 0.1) is 5.41 Å². The first-order valence-electron chi connectivity index (χ1n) is 13.6. The Balaban J connectivity index is 2.94. The highest BCUT2D eigenvalue weighted by molar-refractivity contribution is 6.34. The number of aliphatic carboxylic acids is 1. The smallest absolute Gasteiger partial charge is 0.303 e. The van der Waals surface area contributed by atoms with Gasteiger partial charge in [-0.15, -0.1) is 0 Å². The van der Waals surface area contributed by atoms with E-state index >= 15 is 0 Å². The topological polar surface area (TPSA) is 180 Å². The molecule has 1 aromatic rings. The van der Waals surface area contributed by atoms with Crippen molar-refractivity contribution in [3.63, 3.8) is 0 Å². The molecular formula is C28H44ClN5O7. The first-order chi connectivity index (χ1) is 19.0. The highest BCUT2D eigenvalue weighted by Gasteiger charge is 2.36. The summed E-state index contributed by atoms with van der Waals surface area (Å²) in [7, 11) is 1.64. The van der Waals surface area contributed by atoms with Crippen molar-refractivity contribution in [2.45, 2.75) is 97.9 Å². The third kappa shape index (κ3) is 11.7. The monoisotopic (exact) mass is 597 g/mol. The minimum absolute atomic E-state index is 0.0245. The number of benzene rings is 1. The fourth-order valence-corrected chi connectivity index (χ4v) is 4.05. The fraction of sp³-hybridized carbons (Fsp3) is 0.607. The van der Waals surface area contributed by atoms with E-state index in [1.165, 1.54) is 23.1 Å². The molecule has 0 saturated heterocycles. The summed E-state index contributed by atoms with van der Waals surface area (Å²) in [5.41, 5.74) is 7.92. The zero-order valence-corrected chi connectivity index (χ0v) is 25.6. The largest absolute Gasteiger partial charge is 0.481 e. The van der Waals surface area contributed by atoms with Gasteiger partial charge in [0.25, 0.3) is 5.91 Å². The molecule has 1 rings (SSSR count). The SMILES string of the molecule is CCC(=O)Nc1ccc(C(=O)NC(C(=O)N(C)[C@H](C)C[C@H](CC)ON[C@@H](CCC(=O)O)C(N)=O)C(C)(C)C)cc1Cl. The molecule has 4 atom stereocenters. The predicted octanol–water partition coefficient (Wildman–Crippen LogP) is 3.09. The van der Waals surface area contributed by atoms with Crippen LogP contribution < -0.4 is 21.8 Å². The number of carboxylic acids is 1. The summed E-state index contributed by atoms with van der Waals surface area (Å²) in [6.07, 6.45) is 0.523. The number of halogens is 1. The second kappa shape index (κ2) is 16.3. The minimum atomic E-state index is -1.06. The summed E-state index contributed by atoms with van der Waals surface area (Å²) < 4.78 is 0. The highest BCUT2D eigenvalue weighted by atomic mass is 35.5. The summed E-state index contributed by atoms with van der Waals surface area (Å²) >= 11 is 6.27. The predicted molar refractivity (Wildman–Crippen MR) is 156 cm³/mol. The molecule has 1 aromatic carbocycles. The quantitative estimate of drug-likeness (QED) is 0.180. The lowest BCUT2D eigenvalue weighted by Crippen LogP contribution is -2.55. The first kappa shape index (κ1) is 35.8. The fourth-order valence-electron chi connectivity index (χ4n) is 3.82. The van der Waals surface area contributed by atoms with Crippen molar-refractivity contribution in [2.24, 2.45) is 11.1 Å². The van der Waals surface area contributed by atoms with E-state index in [-0.39, 0.29) is 47.7 Å². The van der Waals surface area contributed by atoms with Crippen LogP contribution in [-0.4, -0.2) is 70.9 Å². The minimum Gasteiger partial charge on any atom is -0.481 e. The molecule has 1 unspecified atom stereocenters. The number of carboxylic acid groups (broad SMARTS) is 1. The molecule has 0 saturated carbocycles. The van der Waals surface area contributed by atoms with Crippen LogP contribution in [0.1, 0.15) is 84.0 Å². The van der Waals surface area contributed by atoms with Gasteiger partial charge < -0.3 is 26.4 Å². The van der Waals surface area contributed by atoms with Gasteiger partial charge in [0, 0.05) is 31.5 Å². The lowest BCUT2D eigenvalue weighted by Gasteiger charge is -2.36. The van der Waals surface area contributed by atoms with E-state index in [4.69, 9.17) is 27.3 Å². The molecule has 12 nitrogen and oxygen atoms in total. The molecule has 0 radical (unpaired) electrons. The number of hydrogen-bond acceptors (Lipinski definition) is 7. The van der Waals surface area contributed by atoms with Crippen molar-refractivity contribution < 1.29 is 33.9 Å². The third-order valence-electron chi connectivity index (χ3n) is 6.65. The Morgan fingerprint density at radius 2 is 1.78 bits per heavy atom. The van der Waals surface area contributed by atoms with Gasteiger partial charge in [-0.25, -0.2) is 0 Å². The molecule has 0 fully saturated rings. The van der Waals surface area contributed by atoms with Gasteiger partial charge in [-0.3, -0.25) is 28.8 Å². The number of anilines is 1. The van der Waals surface area contributed by atoms with Crippen LogP contribution in [0.15, 0.2) is 18.2 Å². The zero-order valence-electron chi connectivity index (χ0n) is 24.9. The molecular weight excluding hydrogens is 554 g/mol. The average Bonchev–Trinajstić information content (AvgIpc) is 2.89. The van der Waals surface area contributed by atoms with Crippen LogP contribution in [0.3, 0.4) is 0 Å². The Morgan fingerprint density at radius 1 is 1.15 bits per heavy atom. The van der Waals surface area contributed by atoms with Crippen molar-refractivity contribution >= 4 is 46.9 Å². The number of nitrogens with two attached hydrogens (primary N) is 1. The summed E-state index contributed by atoms with van der Waals surface area (Å²) in [5, 5.41) is 14.6. The average molecular weight is 598 g/mol. The van der Waals surface area contributed by atoms with Gasteiger partial charge in [0.2, 0.25) is 17.7 Å². The summed E-state index contributed by atoms with van der Waals surface area (Å²) in [6.45, 7) is 10.9. The van der Waals surface area contributed by atoms with Gasteiger partial charge >= 0.3 is 5.97 Å². The Hall–Kier alpha value is -3.22. The van der Waals surface area contributed by atoms with Gasteiger partial charge in [-0.1, -0.05) is 46.2 Å². The molecule has 6 N–H and O–H groups in total. The molecule has 0 bridgehead atoms. The number of amides is 4. The van der Waals surface area contributed by atoms with Gasteiger partial charge in [-0.05, 0) is 49.8 Å². The number of nitrogens with zero attached hydrogens (tertiary/aromatic N) is 1. The molecule has 0 aliphatic heterocycles. The first-order valence-corrected chi connectivity index (χ1v) is 14.0.